The van der Waals surface area contributed by atoms with Crippen LogP contribution in [0.25, 0.3) is 21.6 Å². The predicted octanol–water partition coefficient (Wildman–Crippen LogP) is 3.34. The number of nitrogens with zero attached hydrogens (tertiary/aromatic N) is 6. The summed E-state index contributed by atoms with van der Waals surface area (Å²) in [7, 11) is 1.95. The number of hydrogen-bond donors (Lipinski definition) is 0. The lowest BCUT2D eigenvalue weighted by Crippen LogP contribution is -1.95. The molecule has 0 spiro atoms. The lowest BCUT2D eigenvalue weighted by atomic mass is 10.2. The second kappa shape index (κ2) is 5.71. The standard InChI is InChI=1S/C15H12N6S2/c1-9-7-11-13(22-9)17-8-18-14(11)23-15-20-19-12(21(15)2)10-3-5-16-6-4-10/h3-8H,1-2H3. The van der Waals surface area contributed by atoms with E-state index in [1.807, 2.05) is 23.7 Å². The van der Waals surface area contributed by atoms with Crippen LogP contribution in [0.1, 0.15) is 4.88 Å². The summed E-state index contributed by atoms with van der Waals surface area (Å²) in [4.78, 5) is 15.0. The topological polar surface area (TPSA) is 69.4 Å². The normalized spacial score (nSPS) is 11.2. The Labute approximate surface area is 140 Å². The number of hydrogen-bond acceptors (Lipinski definition) is 7. The van der Waals surface area contributed by atoms with E-state index in [0.29, 0.717) is 0 Å². The van der Waals surface area contributed by atoms with Gasteiger partial charge in [-0.3, -0.25) is 4.98 Å². The molecule has 0 fully saturated rings. The monoisotopic (exact) mass is 340 g/mol. The van der Waals surface area contributed by atoms with Gasteiger partial charge in [0.05, 0.1) is 0 Å². The highest BCUT2D eigenvalue weighted by Crippen LogP contribution is 2.34. The molecule has 23 heavy (non-hydrogen) atoms. The van der Waals surface area contributed by atoms with Gasteiger partial charge in [0.25, 0.3) is 0 Å². The van der Waals surface area contributed by atoms with Crippen LogP contribution in [0, 0.1) is 6.92 Å². The lowest BCUT2D eigenvalue weighted by molar-refractivity contribution is 0.792. The summed E-state index contributed by atoms with van der Waals surface area (Å²) in [5, 5.41) is 11.3. The molecule has 6 nitrogen and oxygen atoms in total. The molecule has 0 amide bonds. The number of rotatable bonds is 3. The zero-order valence-electron chi connectivity index (χ0n) is 12.5. The van der Waals surface area contributed by atoms with Crippen LogP contribution in [0.4, 0.5) is 0 Å². The largest absolute Gasteiger partial charge is 0.305 e. The highest BCUT2D eigenvalue weighted by Gasteiger charge is 2.15. The van der Waals surface area contributed by atoms with Gasteiger partial charge in [0.1, 0.15) is 16.2 Å². The molecule has 0 saturated carbocycles. The smallest absolute Gasteiger partial charge is 0.197 e. The van der Waals surface area contributed by atoms with Crippen molar-refractivity contribution in [2.45, 2.75) is 17.1 Å². The van der Waals surface area contributed by atoms with Crippen molar-refractivity contribution in [3.8, 4) is 11.4 Å². The Morgan fingerprint density at radius 1 is 1.13 bits per heavy atom. The number of aryl methyl sites for hydroxylation is 1. The van der Waals surface area contributed by atoms with Crippen LogP contribution in [0.5, 0.6) is 0 Å². The van der Waals surface area contributed by atoms with E-state index in [-0.39, 0.29) is 0 Å². The number of fused-ring (bicyclic) bond motifs is 1. The molecule has 4 heterocycles. The van der Waals surface area contributed by atoms with Gasteiger partial charge in [0, 0.05) is 35.3 Å². The third-order valence-corrected chi connectivity index (χ3v) is 5.39. The molecule has 0 aliphatic carbocycles. The average Bonchev–Trinajstić information content (AvgIpc) is 3.12. The molecule has 0 atom stereocenters. The maximum Gasteiger partial charge on any atom is 0.197 e. The minimum absolute atomic E-state index is 0.792. The molecule has 4 aromatic heterocycles. The van der Waals surface area contributed by atoms with Gasteiger partial charge in [-0.2, -0.15) is 0 Å². The molecule has 0 aromatic carbocycles. The van der Waals surface area contributed by atoms with E-state index in [9.17, 15) is 0 Å². The first-order valence-corrected chi connectivity index (χ1v) is 8.54. The maximum atomic E-state index is 4.41. The number of aromatic nitrogens is 6. The van der Waals surface area contributed by atoms with E-state index >= 15 is 0 Å². The van der Waals surface area contributed by atoms with Gasteiger partial charge in [-0.05, 0) is 36.9 Å². The van der Waals surface area contributed by atoms with E-state index in [1.165, 1.54) is 16.6 Å². The molecule has 0 aliphatic rings. The summed E-state index contributed by atoms with van der Waals surface area (Å²) in [5.41, 5.74) is 0.987. The van der Waals surface area contributed by atoms with Crippen LogP contribution in [-0.2, 0) is 7.05 Å². The average molecular weight is 340 g/mol. The zero-order chi connectivity index (χ0) is 15.8. The summed E-state index contributed by atoms with van der Waals surface area (Å²) in [6.45, 7) is 2.07. The molecule has 0 aliphatic heterocycles. The van der Waals surface area contributed by atoms with Crippen molar-refractivity contribution in [3.05, 3.63) is 41.8 Å². The molecule has 0 unspecified atom stereocenters. The zero-order valence-corrected chi connectivity index (χ0v) is 14.1. The Hall–Kier alpha value is -2.32. The predicted molar refractivity (Wildman–Crippen MR) is 90.5 cm³/mol. The van der Waals surface area contributed by atoms with E-state index in [0.717, 1.165) is 31.8 Å². The fraction of sp³-hybridized carbons (Fsp3) is 0.133. The molecular formula is C15H12N6S2. The highest BCUT2D eigenvalue weighted by atomic mass is 32.2. The summed E-state index contributed by atoms with van der Waals surface area (Å²) in [6, 6.07) is 5.95. The first kappa shape index (κ1) is 14.3. The fourth-order valence-electron chi connectivity index (χ4n) is 2.28. The lowest BCUT2D eigenvalue weighted by Gasteiger charge is -2.03. The van der Waals surface area contributed by atoms with Crippen molar-refractivity contribution >= 4 is 33.3 Å². The van der Waals surface area contributed by atoms with E-state index in [4.69, 9.17) is 0 Å². The van der Waals surface area contributed by atoms with Gasteiger partial charge in [-0.1, -0.05) is 0 Å². The van der Waals surface area contributed by atoms with Gasteiger partial charge in [-0.25, -0.2) is 9.97 Å². The van der Waals surface area contributed by atoms with Crippen molar-refractivity contribution in [2.24, 2.45) is 7.05 Å². The summed E-state index contributed by atoms with van der Waals surface area (Å²) in [6.07, 6.45) is 5.10. The van der Waals surface area contributed by atoms with E-state index in [1.54, 1.807) is 30.1 Å². The third-order valence-electron chi connectivity index (χ3n) is 3.38. The Morgan fingerprint density at radius 2 is 1.96 bits per heavy atom. The first-order chi connectivity index (χ1) is 11.2. The summed E-state index contributed by atoms with van der Waals surface area (Å²) >= 11 is 3.17. The van der Waals surface area contributed by atoms with E-state index in [2.05, 4.69) is 38.1 Å². The minimum Gasteiger partial charge on any atom is -0.305 e. The molecule has 0 saturated heterocycles. The van der Waals surface area contributed by atoms with Crippen LogP contribution < -0.4 is 0 Å². The van der Waals surface area contributed by atoms with Gasteiger partial charge >= 0.3 is 0 Å². The van der Waals surface area contributed by atoms with Crippen LogP contribution >= 0.6 is 23.1 Å². The third kappa shape index (κ3) is 2.60. The molecule has 8 heteroatoms. The van der Waals surface area contributed by atoms with Gasteiger partial charge in [-0.15, -0.1) is 21.5 Å². The molecule has 0 N–H and O–H groups in total. The van der Waals surface area contributed by atoms with Crippen molar-refractivity contribution in [3.63, 3.8) is 0 Å². The quantitative estimate of drug-likeness (QED) is 0.533. The van der Waals surface area contributed by atoms with Crippen LogP contribution in [0.15, 0.2) is 47.1 Å². The molecule has 114 valence electrons. The van der Waals surface area contributed by atoms with Gasteiger partial charge < -0.3 is 4.57 Å². The van der Waals surface area contributed by atoms with Crippen molar-refractivity contribution in [1.82, 2.24) is 29.7 Å². The first-order valence-electron chi connectivity index (χ1n) is 6.91. The van der Waals surface area contributed by atoms with Crippen LogP contribution in [-0.4, -0.2) is 29.7 Å². The second-order valence-corrected chi connectivity index (χ2v) is 7.15. The summed E-state index contributed by atoms with van der Waals surface area (Å²) < 4.78 is 1.97. The van der Waals surface area contributed by atoms with E-state index < -0.39 is 0 Å². The molecule has 4 aromatic rings. The van der Waals surface area contributed by atoms with Crippen molar-refractivity contribution < 1.29 is 0 Å². The highest BCUT2D eigenvalue weighted by molar-refractivity contribution is 7.99. The summed E-state index contributed by atoms with van der Waals surface area (Å²) in [5.74, 6) is 0.807. The molecule has 4 rings (SSSR count). The minimum atomic E-state index is 0.792. The molecule has 0 bridgehead atoms. The Balaban J connectivity index is 1.73. The fourth-order valence-corrected chi connectivity index (χ4v) is 4.03. The SMILES string of the molecule is Cc1cc2c(Sc3nnc(-c4ccncc4)n3C)ncnc2s1. The van der Waals surface area contributed by atoms with Gasteiger partial charge in [0.2, 0.25) is 0 Å². The van der Waals surface area contributed by atoms with Crippen molar-refractivity contribution in [1.29, 1.82) is 0 Å². The Bertz CT molecular complexity index is 976. The number of thiophene rings is 1. The van der Waals surface area contributed by atoms with Gasteiger partial charge in [0.15, 0.2) is 11.0 Å². The Morgan fingerprint density at radius 3 is 2.78 bits per heavy atom. The molecular weight excluding hydrogens is 328 g/mol. The Kier molecular flexibility index (Phi) is 3.55. The molecule has 0 radical (unpaired) electrons. The maximum absolute atomic E-state index is 4.41. The number of pyridine rings is 1. The van der Waals surface area contributed by atoms with Crippen LogP contribution in [0.2, 0.25) is 0 Å². The van der Waals surface area contributed by atoms with Crippen molar-refractivity contribution in [2.75, 3.05) is 0 Å². The van der Waals surface area contributed by atoms with Crippen LogP contribution in [0.3, 0.4) is 0 Å². The second-order valence-electron chi connectivity index (χ2n) is 4.96.